The number of aromatic nitrogens is 2. The molecule has 1 aromatic heterocycles. The van der Waals surface area contributed by atoms with Crippen LogP contribution in [0.15, 0.2) is 0 Å². The van der Waals surface area contributed by atoms with Crippen molar-refractivity contribution in [2.75, 3.05) is 37.6 Å². The van der Waals surface area contributed by atoms with Gasteiger partial charge in [-0.1, -0.05) is 11.6 Å². The van der Waals surface area contributed by atoms with E-state index in [2.05, 4.69) is 18.5 Å². The predicted molar refractivity (Wildman–Crippen MR) is 75.5 cm³/mol. The molecule has 0 bridgehead atoms. The third-order valence-electron chi connectivity index (χ3n) is 4.06. The van der Waals surface area contributed by atoms with Crippen molar-refractivity contribution in [3.63, 3.8) is 0 Å². The first kappa shape index (κ1) is 12.6. The fourth-order valence-electron chi connectivity index (χ4n) is 3.02. The molecule has 0 amide bonds. The first-order chi connectivity index (χ1) is 8.83. The molecule has 4 nitrogen and oxygen atoms in total. The van der Waals surface area contributed by atoms with Crippen molar-refractivity contribution >= 4 is 29.1 Å². The van der Waals surface area contributed by atoms with Gasteiger partial charge in [-0.15, -0.1) is 0 Å². The summed E-state index contributed by atoms with van der Waals surface area (Å²) in [7, 11) is 0. The van der Waals surface area contributed by atoms with E-state index in [-0.39, 0.29) is 0 Å². The van der Waals surface area contributed by atoms with E-state index in [1.165, 1.54) is 57.0 Å². The van der Waals surface area contributed by atoms with Gasteiger partial charge in [0, 0.05) is 19.6 Å². The molecule has 0 unspecified atom stereocenters. The summed E-state index contributed by atoms with van der Waals surface area (Å²) in [6.07, 6.45) is 5.28. The summed E-state index contributed by atoms with van der Waals surface area (Å²) in [5.41, 5.74) is 0. The van der Waals surface area contributed by atoms with Gasteiger partial charge in [0.05, 0.1) is 11.7 Å². The van der Waals surface area contributed by atoms with Crippen molar-refractivity contribution < 1.29 is 0 Å². The lowest BCUT2D eigenvalue weighted by Gasteiger charge is -2.33. The molecule has 2 aliphatic heterocycles. The third-order valence-corrected chi connectivity index (χ3v) is 4.93. The lowest BCUT2D eigenvalue weighted by atomic mass is 9.96. The minimum absolute atomic E-state index is 0.568. The molecule has 0 radical (unpaired) electrons. The molecule has 18 heavy (non-hydrogen) atoms. The number of anilines is 1. The second-order valence-electron chi connectivity index (χ2n) is 5.32. The molecule has 100 valence electrons. The number of hydrogen-bond donors (Lipinski definition) is 0. The van der Waals surface area contributed by atoms with E-state index >= 15 is 0 Å². The highest BCUT2D eigenvalue weighted by atomic mass is 35.5. The van der Waals surface area contributed by atoms with Crippen molar-refractivity contribution in [2.45, 2.75) is 25.7 Å². The van der Waals surface area contributed by atoms with Crippen LogP contribution < -0.4 is 4.90 Å². The summed E-state index contributed by atoms with van der Waals surface area (Å²) < 4.78 is 8.32. The van der Waals surface area contributed by atoms with Crippen LogP contribution in [0.5, 0.6) is 0 Å². The molecule has 0 aromatic carbocycles. The van der Waals surface area contributed by atoms with Crippen LogP contribution in [0.3, 0.4) is 0 Å². The molecule has 0 spiro atoms. The molecule has 0 atom stereocenters. The minimum atomic E-state index is 0.568. The van der Waals surface area contributed by atoms with Crippen molar-refractivity contribution in [1.29, 1.82) is 0 Å². The predicted octanol–water partition coefficient (Wildman–Crippen LogP) is 2.50. The second kappa shape index (κ2) is 5.72. The molecule has 0 aliphatic carbocycles. The number of likely N-dealkylation sites (tertiary alicyclic amines) is 1. The van der Waals surface area contributed by atoms with E-state index in [0.29, 0.717) is 5.15 Å². The largest absolute Gasteiger partial charge is 0.353 e. The zero-order valence-electron chi connectivity index (χ0n) is 10.5. The molecule has 2 aliphatic rings. The van der Waals surface area contributed by atoms with Crippen LogP contribution in [0.4, 0.5) is 5.82 Å². The molecular formula is C12H19ClN4S. The van der Waals surface area contributed by atoms with Gasteiger partial charge in [-0.3, -0.25) is 0 Å². The quantitative estimate of drug-likeness (QED) is 0.855. The van der Waals surface area contributed by atoms with Gasteiger partial charge in [0.1, 0.15) is 0 Å². The topological polar surface area (TPSA) is 32.3 Å². The summed E-state index contributed by atoms with van der Waals surface area (Å²) in [6.45, 7) is 6.05. The van der Waals surface area contributed by atoms with E-state index in [9.17, 15) is 0 Å². The van der Waals surface area contributed by atoms with Gasteiger partial charge in [-0.25, -0.2) is 0 Å². The second-order valence-corrected chi connectivity index (χ2v) is 6.20. The Morgan fingerprint density at radius 2 is 1.83 bits per heavy atom. The van der Waals surface area contributed by atoms with Gasteiger partial charge in [-0.2, -0.15) is 8.75 Å². The highest BCUT2D eigenvalue weighted by molar-refractivity contribution is 6.99. The van der Waals surface area contributed by atoms with E-state index in [1.54, 1.807) is 0 Å². The summed E-state index contributed by atoms with van der Waals surface area (Å²) >= 11 is 7.24. The molecule has 3 rings (SSSR count). The maximum atomic E-state index is 6.03. The van der Waals surface area contributed by atoms with Crippen molar-refractivity contribution in [1.82, 2.24) is 13.6 Å². The van der Waals surface area contributed by atoms with Crippen LogP contribution in [0.25, 0.3) is 0 Å². The Kier molecular flexibility index (Phi) is 4.01. The Hall–Kier alpha value is -0.390. The van der Waals surface area contributed by atoms with Crippen LogP contribution in [0, 0.1) is 5.92 Å². The molecule has 3 heterocycles. The maximum absolute atomic E-state index is 6.03. The van der Waals surface area contributed by atoms with Crippen LogP contribution >= 0.6 is 23.3 Å². The Morgan fingerprint density at radius 3 is 2.44 bits per heavy atom. The molecule has 0 N–H and O–H groups in total. The number of halogens is 1. The average Bonchev–Trinajstić information content (AvgIpc) is 3.02. The minimum Gasteiger partial charge on any atom is -0.353 e. The lowest BCUT2D eigenvalue weighted by molar-refractivity contribution is 0.249. The zero-order valence-corrected chi connectivity index (χ0v) is 12.1. The van der Waals surface area contributed by atoms with Gasteiger partial charge < -0.3 is 9.80 Å². The fraction of sp³-hybridized carbons (Fsp3) is 0.833. The first-order valence-corrected chi connectivity index (χ1v) is 7.89. The Labute approximate surface area is 117 Å². The number of nitrogens with zero attached hydrogens (tertiary/aromatic N) is 4. The normalized spacial score (nSPS) is 22.8. The Bertz CT molecular complexity index is 383. The molecular weight excluding hydrogens is 268 g/mol. The maximum Gasteiger partial charge on any atom is 0.187 e. The summed E-state index contributed by atoms with van der Waals surface area (Å²) in [5, 5.41) is 0.568. The van der Waals surface area contributed by atoms with Crippen LogP contribution in [0.1, 0.15) is 25.7 Å². The standard InChI is InChI=1S/C12H19ClN4S/c13-11-12(15-18-14-11)17-7-3-10(4-8-17)9-16-5-1-2-6-16/h10H,1-9H2. The first-order valence-electron chi connectivity index (χ1n) is 6.78. The lowest BCUT2D eigenvalue weighted by Crippen LogP contribution is -2.38. The summed E-state index contributed by atoms with van der Waals surface area (Å²) in [4.78, 5) is 4.91. The van der Waals surface area contributed by atoms with Crippen LogP contribution in [-0.4, -0.2) is 46.4 Å². The van der Waals surface area contributed by atoms with E-state index < -0.39 is 0 Å². The van der Waals surface area contributed by atoms with Crippen LogP contribution in [-0.2, 0) is 0 Å². The van der Waals surface area contributed by atoms with Gasteiger partial charge >= 0.3 is 0 Å². The summed E-state index contributed by atoms with van der Waals surface area (Å²) in [5.74, 6) is 1.74. The van der Waals surface area contributed by atoms with Gasteiger partial charge in [0.2, 0.25) is 0 Å². The fourth-order valence-corrected chi connectivity index (χ4v) is 3.80. The number of piperidine rings is 1. The van der Waals surface area contributed by atoms with Crippen molar-refractivity contribution in [2.24, 2.45) is 5.92 Å². The van der Waals surface area contributed by atoms with E-state index in [0.717, 1.165) is 24.8 Å². The highest BCUT2D eigenvalue weighted by Crippen LogP contribution is 2.28. The number of hydrogen-bond acceptors (Lipinski definition) is 5. The van der Waals surface area contributed by atoms with Crippen molar-refractivity contribution in [3.05, 3.63) is 5.15 Å². The van der Waals surface area contributed by atoms with Gasteiger partial charge in [-0.05, 0) is 44.7 Å². The van der Waals surface area contributed by atoms with Gasteiger partial charge in [0.15, 0.2) is 11.0 Å². The van der Waals surface area contributed by atoms with Gasteiger partial charge in [0.25, 0.3) is 0 Å². The molecule has 0 saturated carbocycles. The third kappa shape index (κ3) is 2.78. The highest BCUT2D eigenvalue weighted by Gasteiger charge is 2.25. The molecule has 1 aromatic rings. The molecule has 6 heteroatoms. The zero-order chi connectivity index (χ0) is 12.4. The monoisotopic (exact) mass is 286 g/mol. The number of rotatable bonds is 3. The average molecular weight is 287 g/mol. The molecule has 2 fully saturated rings. The summed E-state index contributed by atoms with van der Waals surface area (Å²) in [6, 6.07) is 0. The SMILES string of the molecule is Clc1nsnc1N1CCC(CN2CCCC2)CC1. The Morgan fingerprint density at radius 1 is 1.11 bits per heavy atom. The van der Waals surface area contributed by atoms with E-state index in [1.807, 2.05) is 0 Å². The van der Waals surface area contributed by atoms with E-state index in [4.69, 9.17) is 11.6 Å². The molecule has 2 saturated heterocycles. The smallest absolute Gasteiger partial charge is 0.187 e. The Balaban J connectivity index is 1.50. The van der Waals surface area contributed by atoms with Crippen molar-refractivity contribution in [3.8, 4) is 0 Å². The van der Waals surface area contributed by atoms with Crippen LogP contribution in [0.2, 0.25) is 5.15 Å².